The largest absolute Gasteiger partial charge is 0.444 e. The summed E-state index contributed by atoms with van der Waals surface area (Å²) >= 11 is 0. The van der Waals surface area contributed by atoms with Gasteiger partial charge in [-0.25, -0.2) is 14.7 Å². The van der Waals surface area contributed by atoms with Gasteiger partial charge in [0.25, 0.3) is 5.91 Å². The van der Waals surface area contributed by atoms with E-state index in [0.717, 1.165) is 24.2 Å². The number of carbonyl (C=O) groups is 4. The van der Waals surface area contributed by atoms with Gasteiger partial charge in [0.1, 0.15) is 23.5 Å². The van der Waals surface area contributed by atoms with E-state index in [0.29, 0.717) is 12.8 Å². The van der Waals surface area contributed by atoms with Crippen molar-refractivity contribution in [2.24, 2.45) is 0 Å². The third-order valence-electron chi connectivity index (χ3n) is 3.62. The molecule has 0 spiro atoms. The number of alkyl carbamates (subject to hydrolysis) is 2. The zero-order chi connectivity index (χ0) is 25.5. The summed E-state index contributed by atoms with van der Waals surface area (Å²) in [6.07, 6.45) is 2.38. The maximum atomic E-state index is 11.9. The van der Waals surface area contributed by atoms with Crippen LogP contribution in [-0.2, 0) is 23.9 Å². The summed E-state index contributed by atoms with van der Waals surface area (Å²) in [6, 6.07) is -1.07. The van der Waals surface area contributed by atoms with Crippen LogP contribution in [0.2, 0.25) is 0 Å². The van der Waals surface area contributed by atoms with Crippen LogP contribution in [0.25, 0.3) is 0 Å². The van der Waals surface area contributed by atoms with Crippen molar-refractivity contribution in [1.82, 2.24) is 15.7 Å². The van der Waals surface area contributed by atoms with E-state index in [9.17, 15) is 19.2 Å². The van der Waals surface area contributed by atoms with Gasteiger partial charge in [-0.15, -0.1) is 0 Å². The van der Waals surface area contributed by atoms with Gasteiger partial charge in [0.05, 0.1) is 13.2 Å². The highest BCUT2D eigenvalue weighted by molar-refractivity contribution is 5.84. The van der Waals surface area contributed by atoms with Gasteiger partial charge in [0.2, 0.25) is 0 Å². The predicted octanol–water partition coefficient (Wildman–Crippen LogP) is 3.58. The van der Waals surface area contributed by atoms with Crippen molar-refractivity contribution in [1.29, 1.82) is 0 Å². The van der Waals surface area contributed by atoms with Crippen molar-refractivity contribution in [3.8, 4) is 0 Å². The Morgan fingerprint density at radius 2 is 1.31 bits per heavy atom. The van der Waals surface area contributed by atoms with E-state index in [1.165, 1.54) is 14.2 Å². The molecule has 3 amide bonds. The Balaban J connectivity index is 0. The van der Waals surface area contributed by atoms with Gasteiger partial charge in [-0.3, -0.25) is 9.63 Å². The number of hydroxylamine groups is 2. The second-order valence-corrected chi connectivity index (χ2v) is 9.18. The molecular formula is C22H43N3O7. The molecule has 0 aromatic carbocycles. The second kappa shape index (κ2) is 15.4. The molecule has 0 aliphatic carbocycles. The molecule has 0 heterocycles. The molecular weight excluding hydrogens is 418 g/mol. The highest BCUT2D eigenvalue weighted by Crippen LogP contribution is 2.09. The smallest absolute Gasteiger partial charge is 0.408 e. The third-order valence-corrected chi connectivity index (χ3v) is 3.62. The van der Waals surface area contributed by atoms with Gasteiger partial charge in [-0.05, 0) is 54.4 Å². The van der Waals surface area contributed by atoms with Crippen LogP contribution in [0.4, 0.5) is 9.59 Å². The lowest BCUT2D eigenvalue weighted by atomic mass is 10.1. The molecule has 0 fully saturated rings. The van der Waals surface area contributed by atoms with E-state index >= 15 is 0 Å². The Kier molecular flexibility index (Phi) is 15.4. The fraction of sp³-hybridized carbons (Fsp3) is 0.818. The number of aldehydes is 1. The minimum absolute atomic E-state index is 0.301. The van der Waals surface area contributed by atoms with Crippen molar-refractivity contribution in [2.75, 3.05) is 14.2 Å². The summed E-state index contributed by atoms with van der Waals surface area (Å²) in [7, 11) is 2.90. The topological polar surface area (TPSA) is 123 Å². The van der Waals surface area contributed by atoms with E-state index in [-0.39, 0.29) is 5.91 Å². The molecule has 0 aromatic rings. The Bertz CT molecular complexity index is 583. The summed E-state index contributed by atoms with van der Waals surface area (Å²) in [5, 5.41) is 6.15. The number of hydrogen-bond donors (Lipinski definition) is 2. The highest BCUT2D eigenvalue weighted by atomic mass is 16.7. The van der Waals surface area contributed by atoms with Crippen LogP contribution in [0.3, 0.4) is 0 Å². The number of nitrogens with zero attached hydrogens (tertiary/aromatic N) is 1. The number of likely N-dealkylation sites (N-methyl/N-ethyl adjacent to an activating group) is 1. The summed E-state index contributed by atoms with van der Waals surface area (Å²) in [6.45, 7) is 14.5. The van der Waals surface area contributed by atoms with E-state index in [2.05, 4.69) is 10.6 Å². The normalized spacial score (nSPS) is 12.9. The Morgan fingerprint density at radius 3 is 1.66 bits per heavy atom. The van der Waals surface area contributed by atoms with Crippen molar-refractivity contribution in [3.05, 3.63) is 0 Å². The fourth-order valence-electron chi connectivity index (χ4n) is 2.25. The first-order chi connectivity index (χ1) is 14.6. The molecule has 0 aromatic heterocycles. The standard InChI is InChI=1S/C12H24N2O4.C10H19NO3/c1-7-8-9(10(15)14(5)17-6)13-11(16)18-12(2,3)4;1-5-6-8(7-12)11-9(13)14-10(2,3)4/h9H,7-8H2,1-6H3,(H,13,16);7-8H,5-6H2,1-4H3,(H,11,13)/t9-;8-/m00/s1. The van der Waals surface area contributed by atoms with Crippen LogP contribution in [0.1, 0.15) is 81.1 Å². The van der Waals surface area contributed by atoms with Crippen LogP contribution < -0.4 is 10.6 Å². The molecule has 0 aliphatic rings. The fourth-order valence-corrected chi connectivity index (χ4v) is 2.25. The average molecular weight is 462 g/mol. The maximum absolute atomic E-state index is 11.9. The number of hydrogen-bond acceptors (Lipinski definition) is 7. The third kappa shape index (κ3) is 17.3. The number of nitrogens with one attached hydrogen (secondary N) is 2. The molecule has 2 atom stereocenters. The van der Waals surface area contributed by atoms with Crippen LogP contribution in [0.15, 0.2) is 0 Å². The minimum atomic E-state index is -0.630. The lowest BCUT2D eigenvalue weighted by molar-refractivity contribution is -0.171. The number of carbonyl (C=O) groups excluding carboxylic acids is 4. The van der Waals surface area contributed by atoms with E-state index in [1.54, 1.807) is 41.5 Å². The van der Waals surface area contributed by atoms with Crippen LogP contribution in [0, 0.1) is 0 Å². The molecule has 0 aliphatic heterocycles. The van der Waals surface area contributed by atoms with E-state index < -0.39 is 35.5 Å². The van der Waals surface area contributed by atoms with Gasteiger partial charge in [0, 0.05) is 7.05 Å². The van der Waals surface area contributed by atoms with Crippen molar-refractivity contribution >= 4 is 24.4 Å². The van der Waals surface area contributed by atoms with Crippen LogP contribution in [0.5, 0.6) is 0 Å². The van der Waals surface area contributed by atoms with Crippen LogP contribution in [-0.4, -0.2) is 66.9 Å². The predicted molar refractivity (Wildman–Crippen MR) is 122 cm³/mol. The summed E-state index contributed by atoms with van der Waals surface area (Å²) in [5.41, 5.74) is -1.11. The maximum Gasteiger partial charge on any atom is 0.408 e. The Morgan fingerprint density at radius 1 is 0.875 bits per heavy atom. The molecule has 0 saturated heterocycles. The minimum Gasteiger partial charge on any atom is -0.444 e. The van der Waals surface area contributed by atoms with Crippen molar-refractivity contribution in [3.63, 3.8) is 0 Å². The quantitative estimate of drug-likeness (QED) is 0.397. The van der Waals surface area contributed by atoms with Gasteiger partial charge in [-0.1, -0.05) is 26.7 Å². The first-order valence-electron chi connectivity index (χ1n) is 10.9. The van der Waals surface area contributed by atoms with Crippen molar-refractivity contribution < 1.29 is 33.5 Å². The molecule has 0 unspecified atom stereocenters. The van der Waals surface area contributed by atoms with Crippen LogP contribution >= 0.6 is 0 Å². The molecule has 0 saturated carbocycles. The number of ether oxygens (including phenoxy) is 2. The van der Waals surface area contributed by atoms with Gasteiger partial charge < -0.3 is 24.9 Å². The van der Waals surface area contributed by atoms with Gasteiger partial charge in [-0.2, -0.15) is 0 Å². The molecule has 32 heavy (non-hydrogen) atoms. The molecule has 10 nitrogen and oxygen atoms in total. The monoisotopic (exact) mass is 461 g/mol. The van der Waals surface area contributed by atoms with Gasteiger partial charge >= 0.3 is 12.2 Å². The summed E-state index contributed by atoms with van der Waals surface area (Å²) < 4.78 is 10.1. The molecule has 188 valence electrons. The lowest BCUT2D eigenvalue weighted by Gasteiger charge is -2.25. The lowest BCUT2D eigenvalue weighted by Crippen LogP contribution is -2.48. The molecule has 2 N–H and O–H groups in total. The van der Waals surface area contributed by atoms with Gasteiger partial charge in [0.15, 0.2) is 0 Å². The molecule has 0 rings (SSSR count). The van der Waals surface area contributed by atoms with E-state index in [4.69, 9.17) is 14.3 Å². The number of rotatable bonds is 9. The average Bonchev–Trinajstić information content (AvgIpc) is 2.63. The zero-order valence-corrected chi connectivity index (χ0v) is 21.4. The number of amides is 3. The highest BCUT2D eigenvalue weighted by Gasteiger charge is 2.26. The second-order valence-electron chi connectivity index (χ2n) is 9.18. The molecule has 0 radical (unpaired) electrons. The first kappa shape index (κ1) is 31.8. The SMILES string of the molecule is CCC[C@@H](C=O)NC(=O)OC(C)(C)C.CCC[C@H](NC(=O)OC(C)(C)C)C(=O)N(C)OC. The summed E-state index contributed by atoms with van der Waals surface area (Å²) in [5.74, 6) is -0.301. The first-order valence-corrected chi connectivity index (χ1v) is 10.9. The zero-order valence-electron chi connectivity index (χ0n) is 21.4. The molecule has 0 bridgehead atoms. The molecule has 10 heteroatoms. The van der Waals surface area contributed by atoms with Crippen molar-refractivity contribution in [2.45, 2.75) is 104 Å². The Hall–Kier alpha value is -2.36. The Labute approximate surface area is 192 Å². The van der Waals surface area contributed by atoms with E-state index in [1.807, 2.05) is 13.8 Å². The summed E-state index contributed by atoms with van der Waals surface area (Å²) in [4.78, 5) is 50.1.